The van der Waals surface area contributed by atoms with Gasteiger partial charge in [0.15, 0.2) is 0 Å². The summed E-state index contributed by atoms with van der Waals surface area (Å²) in [6.45, 7) is 4.70. The van der Waals surface area contributed by atoms with Gasteiger partial charge >= 0.3 is 6.03 Å². The van der Waals surface area contributed by atoms with Gasteiger partial charge in [-0.2, -0.15) is 0 Å². The SMILES string of the molecule is C[C@H](NC(N)=O)C(=O)N1CCN(C[C@@H](O)c2ccccc2)CC1. The van der Waals surface area contributed by atoms with Gasteiger partial charge in [-0.05, 0) is 12.5 Å². The van der Waals surface area contributed by atoms with Gasteiger partial charge in [0.25, 0.3) is 0 Å². The number of piperazine rings is 1. The second-order valence-corrected chi connectivity index (χ2v) is 5.78. The minimum absolute atomic E-state index is 0.132. The molecule has 0 radical (unpaired) electrons. The Bertz CT molecular complexity index is 529. The molecule has 4 N–H and O–H groups in total. The number of carbonyl (C=O) groups excluding carboxylic acids is 2. The van der Waals surface area contributed by atoms with Gasteiger partial charge < -0.3 is 21.1 Å². The first-order valence-corrected chi connectivity index (χ1v) is 7.77. The summed E-state index contributed by atoms with van der Waals surface area (Å²) in [5.74, 6) is -0.132. The Morgan fingerprint density at radius 2 is 1.83 bits per heavy atom. The van der Waals surface area contributed by atoms with Gasteiger partial charge in [0, 0.05) is 32.7 Å². The molecule has 1 heterocycles. The molecule has 7 heteroatoms. The number of carbonyl (C=O) groups is 2. The Morgan fingerprint density at radius 1 is 1.22 bits per heavy atom. The molecule has 0 saturated carbocycles. The first kappa shape index (κ1) is 17.2. The molecule has 0 unspecified atom stereocenters. The number of nitrogens with one attached hydrogen (secondary N) is 1. The van der Waals surface area contributed by atoms with Crippen LogP contribution in [0.3, 0.4) is 0 Å². The smallest absolute Gasteiger partial charge is 0.312 e. The maximum atomic E-state index is 12.2. The lowest BCUT2D eigenvalue weighted by Crippen LogP contribution is -2.55. The molecule has 1 aromatic carbocycles. The molecule has 126 valence electrons. The lowest BCUT2D eigenvalue weighted by atomic mass is 10.1. The summed E-state index contributed by atoms with van der Waals surface area (Å²) in [6, 6.07) is 8.22. The quantitative estimate of drug-likeness (QED) is 0.707. The fourth-order valence-corrected chi connectivity index (χ4v) is 2.72. The van der Waals surface area contributed by atoms with E-state index in [1.54, 1.807) is 11.8 Å². The van der Waals surface area contributed by atoms with E-state index in [0.717, 1.165) is 5.56 Å². The van der Waals surface area contributed by atoms with Crippen LogP contribution in [0, 0.1) is 0 Å². The summed E-state index contributed by atoms with van der Waals surface area (Å²) >= 11 is 0. The topological polar surface area (TPSA) is 98.9 Å². The lowest BCUT2D eigenvalue weighted by Gasteiger charge is -2.36. The van der Waals surface area contributed by atoms with Gasteiger partial charge in [-0.25, -0.2) is 4.79 Å². The highest BCUT2D eigenvalue weighted by Gasteiger charge is 2.26. The maximum absolute atomic E-state index is 12.2. The third-order valence-corrected chi connectivity index (χ3v) is 4.03. The number of urea groups is 1. The van der Waals surface area contributed by atoms with Crippen LogP contribution in [0.2, 0.25) is 0 Å². The largest absolute Gasteiger partial charge is 0.387 e. The fraction of sp³-hybridized carbons (Fsp3) is 0.500. The van der Waals surface area contributed by atoms with Crippen molar-refractivity contribution in [1.29, 1.82) is 0 Å². The average Bonchev–Trinajstić information content (AvgIpc) is 2.55. The minimum Gasteiger partial charge on any atom is -0.387 e. The maximum Gasteiger partial charge on any atom is 0.312 e. The summed E-state index contributed by atoms with van der Waals surface area (Å²) in [5.41, 5.74) is 5.93. The Balaban J connectivity index is 1.79. The Hall–Kier alpha value is -2.12. The Kier molecular flexibility index (Phi) is 5.95. The number of nitrogens with zero attached hydrogens (tertiary/aromatic N) is 2. The number of aliphatic hydroxyl groups is 1. The highest BCUT2D eigenvalue weighted by Crippen LogP contribution is 2.15. The van der Waals surface area contributed by atoms with Crippen molar-refractivity contribution in [2.75, 3.05) is 32.7 Å². The molecule has 23 heavy (non-hydrogen) atoms. The molecule has 1 aliphatic heterocycles. The van der Waals surface area contributed by atoms with Crippen LogP contribution in [0.1, 0.15) is 18.6 Å². The van der Waals surface area contributed by atoms with E-state index in [4.69, 9.17) is 5.73 Å². The summed E-state index contributed by atoms with van der Waals surface area (Å²) in [6.07, 6.45) is -0.533. The molecule has 3 amide bonds. The first-order valence-electron chi connectivity index (χ1n) is 7.77. The number of benzene rings is 1. The van der Waals surface area contributed by atoms with E-state index in [1.807, 2.05) is 30.3 Å². The molecule has 0 aliphatic carbocycles. The molecule has 0 bridgehead atoms. The number of amides is 3. The lowest BCUT2D eigenvalue weighted by molar-refractivity contribution is -0.134. The van der Waals surface area contributed by atoms with Crippen LogP contribution >= 0.6 is 0 Å². The molecular formula is C16H24N4O3. The summed E-state index contributed by atoms with van der Waals surface area (Å²) in [7, 11) is 0. The van der Waals surface area contributed by atoms with Gasteiger partial charge in [-0.15, -0.1) is 0 Å². The molecule has 2 rings (SSSR count). The molecule has 7 nitrogen and oxygen atoms in total. The number of rotatable bonds is 5. The third-order valence-electron chi connectivity index (χ3n) is 4.03. The number of aliphatic hydroxyl groups excluding tert-OH is 1. The van der Waals surface area contributed by atoms with E-state index >= 15 is 0 Å². The van der Waals surface area contributed by atoms with Crippen molar-refractivity contribution in [3.63, 3.8) is 0 Å². The standard InChI is InChI=1S/C16H24N4O3/c1-12(18-16(17)23)15(22)20-9-7-19(8-10-20)11-14(21)13-5-3-2-4-6-13/h2-6,12,14,21H,7-11H2,1H3,(H3,17,18,23)/t12-,14+/m0/s1. The summed E-state index contributed by atoms with van der Waals surface area (Å²) < 4.78 is 0. The summed E-state index contributed by atoms with van der Waals surface area (Å²) in [4.78, 5) is 26.8. The van der Waals surface area contributed by atoms with Crippen LogP contribution in [0.25, 0.3) is 0 Å². The van der Waals surface area contributed by atoms with Gasteiger partial charge in [0.1, 0.15) is 6.04 Å². The Labute approximate surface area is 136 Å². The number of nitrogens with two attached hydrogens (primary N) is 1. The third kappa shape index (κ3) is 4.94. The zero-order chi connectivity index (χ0) is 16.8. The van der Waals surface area contributed by atoms with Crippen molar-refractivity contribution in [2.45, 2.75) is 19.1 Å². The van der Waals surface area contributed by atoms with Crippen molar-refractivity contribution < 1.29 is 14.7 Å². The normalized spacial score (nSPS) is 18.3. The molecule has 1 fully saturated rings. The van der Waals surface area contributed by atoms with Crippen molar-refractivity contribution in [1.82, 2.24) is 15.1 Å². The average molecular weight is 320 g/mol. The summed E-state index contributed by atoms with van der Waals surface area (Å²) in [5, 5.41) is 12.7. The fourth-order valence-electron chi connectivity index (χ4n) is 2.72. The van der Waals surface area contributed by atoms with E-state index < -0.39 is 18.2 Å². The van der Waals surface area contributed by atoms with E-state index in [-0.39, 0.29) is 5.91 Å². The van der Waals surface area contributed by atoms with E-state index in [0.29, 0.717) is 32.7 Å². The van der Waals surface area contributed by atoms with Crippen LogP contribution in [-0.4, -0.2) is 65.6 Å². The van der Waals surface area contributed by atoms with Crippen LogP contribution in [0.4, 0.5) is 4.79 Å². The van der Waals surface area contributed by atoms with Crippen molar-refractivity contribution in [2.24, 2.45) is 5.73 Å². The van der Waals surface area contributed by atoms with Crippen molar-refractivity contribution >= 4 is 11.9 Å². The molecule has 1 saturated heterocycles. The first-order chi connectivity index (χ1) is 11.0. The zero-order valence-electron chi connectivity index (χ0n) is 13.3. The minimum atomic E-state index is -0.699. The molecule has 0 aromatic heterocycles. The molecule has 1 aliphatic rings. The number of hydrogen-bond donors (Lipinski definition) is 3. The van der Waals surface area contributed by atoms with E-state index in [2.05, 4.69) is 10.2 Å². The molecular weight excluding hydrogens is 296 g/mol. The van der Waals surface area contributed by atoms with E-state index in [1.165, 1.54) is 0 Å². The van der Waals surface area contributed by atoms with Crippen molar-refractivity contribution in [3.05, 3.63) is 35.9 Å². The van der Waals surface area contributed by atoms with Gasteiger partial charge in [0.05, 0.1) is 6.10 Å². The second kappa shape index (κ2) is 7.94. The predicted octanol–water partition coefficient (Wildman–Crippen LogP) is -0.0790. The predicted molar refractivity (Wildman–Crippen MR) is 86.6 cm³/mol. The van der Waals surface area contributed by atoms with E-state index in [9.17, 15) is 14.7 Å². The molecule has 2 atom stereocenters. The highest BCUT2D eigenvalue weighted by molar-refractivity contribution is 5.86. The van der Waals surface area contributed by atoms with Gasteiger partial charge in [-0.3, -0.25) is 9.69 Å². The number of primary amides is 1. The van der Waals surface area contributed by atoms with Gasteiger partial charge in [-0.1, -0.05) is 30.3 Å². The van der Waals surface area contributed by atoms with Crippen LogP contribution in [0.5, 0.6) is 0 Å². The van der Waals surface area contributed by atoms with Crippen LogP contribution in [0.15, 0.2) is 30.3 Å². The van der Waals surface area contributed by atoms with Crippen molar-refractivity contribution in [3.8, 4) is 0 Å². The number of β-amino-alcohol motifs (C(OH)–C–C–N with tert-alkyl or cyclic N) is 1. The monoisotopic (exact) mass is 320 g/mol. The van der Waals surface area contributed by atoms with Crippen LogP contribution < -0.4 is 11.1 Å². The molecule has 1 aromatic rings. The second-order valence-electron chi connectivity index (χ2n) is 5.78. The Morgan fingerprint density at radius 3 is 2.39 bits per heavy atom. The zero-order valence-corrected chi connectivity index (χ0v) is 13.3. The van der Waals surface area contributed by atoms with Crippen LogP contribution in [-0.2, 0) is 4.79 Å². The molecule has 0 spiro atoms. The highest BCUT2D eigenvalue weighted by atomic mass is 16.3. The van der Waals surface area contributed by atoms with Gasteiger partial charge in [0.2, 0.25) is 5.91 Å². The number of hydrogen-bond acceptors (Lipinski definition) is 4.